The Labute approximate surface area is 67.3 Å². The molecule has 0 radical (unpaired) electrons. The van der Waals surface area contributed by atoms with Gasteiger partial charge in [0, 0.05) is 3.57 Å². The molecule has 1 nitrogen and oxygen atoms in total. The Hall–Kier alpha value is -0.380. The lowest BCUT2D eigenvalue weighted by Gasteiger charge is -1.91. The van der Waals surface area contributed by atoms with E-state index in [-0.39, 0.29) is 0 Å². The summed E-state index contributed by atoms with van der Waals surface area (Å²) < 4.78 is 15.3. The van der Waals surface area contributed by atoms with Crippen LogP contribution in [-0.4, -0.2) is 4.51 Å². The third kappa shape index (κ3) is 1.80. The minimum Gasteiger partial charge on any atom is -0.274 e. The summed E-state index contributed by atoms with van der Waals surface area (Å²) in [5.74, 6) is 0. The monoisotopic (exact) mass is 248 g/mol. The molecule has 0 aliphatic rings. The van der Waals surface area contributed by atoms with Crippen molar-refractivity contribution in [3.63, 3.8) is 0 Å². The number of benzene rings is 1. The molecule has 0 fully saturated rings. The van der Waals surface area contributed by atoms with Gasteiger partial charge in [-0.1, -0.05) is 17.7 Å². The number of rotatable bonds is 1. The maximum absolute atomic E-state index is 10.9. The molecule has 0 aromatic heterocycles. The largest absolute Gasteiger partial charge is 0.274 e. The highest BCUT2D eigenvalue weighted by atomic mass is 127. The minimum atomic E-state index is -2.20. The fourth-order valence-corrected chi connectivity index (χ4v) is 1.84. The van der Waals surface area contributed by atoms with Crippen LogP contribution >= 0.6 is 19.3 Å². The molecule has 0 aliphatic heterocycles. The highest BCUT2D eigenvalue weighted by Crippen LogP contribution is 2.15. The van der Waals surface area contributed by atoms with Crippen LogP contribution in [0.5, 0.6) is 0 Å². The van der Waals surface area contributed by atoms with Crippen LogP contribution in [0.3, 0.4) is 0 Å². The zero-order chi connectivity index (χ0) is 7.56. The van der Waals surface area contributed by atoms with Crippen LogP contribution in [0.1, 0.15) is 5.56 Å². The lowest BCUT2D eigenvalue weighted by molar-refractivity contribution is 0.647. The van der Waals surface area contributed by atoms with Gasteiger partial charge in [-0.2, -0.15) is 0 Å². The average molecular weight is 248 g/mol. The summed E-state index contributed by atoms with van der Waals surface area (Å²) in [6.45, 7) is 2.01. The summed E-state index contributed by atoms with van der Waals surface area (Å²) in [6.07, 6.45) is 0. The fourth-order valence-electron chi connectivity index (χ4n) is 0.674. The summed E-state index contributed by atoms with van der Waals surface area (Å²) in [7, 11) is 0. The van der Waals surface area contributed by atoms with E-state index < -0.39 is 19.3 Å². The van der Waals surface area contributed by atoms with E-state index >= 15 is 0 Å². The highest BCUT2D eigenvalue weighted by molar-refractivity contribution is 14.2. The first-order chi connectivity index (χ1) is 4.70. The summed E-state index contributed by atoms with van der Waals surface area (Å²) >= 11 is -2.20. The van der Waals surface area contributed by atoms with Gasteiger partial charge in [0.1, 0.15) is 19.3 Å². The summed E-state index contributed by atoms with van der Waals surface area (Å²) in [6, 6.07) is 7.70. The second kappa shape index (κ2) is 3.14. The molecule has 2 heteroatoms. The molecule has 10 heavy (non-hydrogen) atoms. The molecule has 54 valence electrons. The van der Waals surface area contributed by atoms with E-state index in [0.717, 1.165) is 3.57 Å². The van der Waals surface area contributed by atoms with Gasteiger partial charge >= 0.3 is 0 Å². The Bertz CT molecular complexity index is 275. The van der Waals surface area contributed by atoms with Crippen molar-refractivity contribution in [3.05, 3.63) is 33.4 Å². The molecule has 1 aromatic rings. The van der Waals surface area contributed by atoms with Gasteiger partial charge < -0.3 is 0 Å². The molecule has 0 saturated carbocycles. The summed E-state index contributed by atoms with van der Waals surface area (Å²) in [5, 5.41) is 0. The van der Waals surface area contributed by atoms with Crippen LogP contribution < -0.4 is 0 Å². The van der Waals surface area contributed by atoms with Gasteiger partial charge in [0.05, 0.1) is 0 Å². The molecular formula is C8H9IO. The first kappa shape index (κ1) is 7.72. The van der Waals surface area contributed by atoms with E-state index in [1.54, 1.807) is 0 Å². The highest BCUT2D eigenvalue weighted by Gasteiger charge is 1.89. The third-order valence-corrected chi connectivity index (χ3v) is 3.36. The normalized spacial score (nSPS) is 10.2. The predicted octanol–water partition coefficient (Wildman–Crippen LogP) is 2.45. The Kier molecular flexibility index (Phi) is 2.43. The Morgan fingerprint density at radius 1 is 1.30 bits per heavy atom. The number of hydrogen-bond donors (Lipinski definition) is 0. The van der Waals surface area contributed by atoms with Gasteiger partial charge in [0.2, 0.25) is 0 Å². The molecule has 1 aromatic carbocycles. The minimum absolute atomic E-state index is 0.912. The summed E-state index contributed by atoms with van der Waals surface area (Å²) in [4.78, 5) is 0. The van der Waals surface area contributed by atoms with Crippen molar-refractivity contribution in [1.82, 2.24) is 0 Å². The second-order valence-electron chi connectivity index (χ2n) is 2.12. The molecule has 1 rings (SSSR count). The lowest BCUT2D eigenvalue weighted by atomic mass is 10.2. The maximum atomic E-state index is 10.9. The van der Waals surface area contributed by atoms with E-state index in [2.05, 4.69) is 4.51 Å². The molecular weight excluding hydrogens is 239 g/mol. The van der Waals surface area contributed by atoms with Gasteiger partial charge in [-0.25, -0.2) is 0 Å². The van der Waals surface area contributed by atoms with E-state index in [4.69, 9.17) is 0 Å². The molecule has 0 N–H and O–H groups in total. The molecule has 0 spiro atoms. The van der Waals surface area contributed by atoms with Crippen molar-refractivity contribution in [2.24, 2.45) is 0 Å². The average Bonchev–Trinajstić information content (AvgIpc) is 1.88. The zero-order valence-corrected chi connectivity index (χ0v) is 7.96. The molecule has 0 amide bonds. The standard InChI is InChI=1S/C8H9IO/c1-7-3-5-8(6-4-7)9(2)10/h3-6H,2H2,1H3. The SMILES string of the molecule is C=I(=O)c1ccc(C)cc1. The molecule has 0 heterocycles. The van der Waals surface area contributed by atoms with Crippen LogP contribution in [-0.2, 0) is 3.07 Å². The van der Waals surface area contributed by atoms with Gasteiger partial charge in [0.25, 0.3) is 0 Å². The summed E-state index contributed by atoms with van der Waals surface area (Å²) in [5.41, 5.74) is 1.20. The van der Waals surface area contributed by atoms with Crippen molar-refractivity contribution >= 4 is 23.8 Å². The Morgan fingerprint density at radius 2 is 1.80 bits per heavy atom. The van der Waals surface area contributed by atoms with E-state index in [9.17, 15) is 3.07 Å². The zero-order valence-electron chi connectivity index (χ0n) is 5.80. The van der Waals surface area contributed by atoms with Crippen LogP contribution in [0.15, 0.2) is 24.3 Å². The smallest absolute Gasteiger partial charge is 0.107 e. The molecule has 0 unspecified atom stereocenters. The van der Waals surface area contributed by atoms with E-state index in [1.807, 2.05) is 31.2 Å². The Morgan fingerprint density at radius 3 is 2.20 bits per heavy atom. The van der Waals surface area contributed by atoms with Crippen LogP contribution in [0.25, 0.3) is 0 Å². The van der Waals surface area contributed by atoms with Crippen molar-refractivity contribution in [2.75, 3.05) is 0 Å². The van der Waals surface area contributed by atoms with Crippen LogP contribution in [0.2, 0.25) is 0 Å². The lowest BCUT2D eigenvalue weighted by Crippen LogP contribution is -1.72. The molecule has 0 bridgehead atoms. The molecule has 0 saturated heterocycles. The Balaban J connectivity index is 3.12. The van der Waals surface area contributed by atoms with Crippen LogP contribution in [0, 0.1) is 10.5 Å². The van der Waals surface area contributed by atoms with Crippen molar-refractivity contribution in [3.8, 4) is 0 Å². The second-order valence-corrected chi connectivity index (χ2v) is 5.19. The quantitative estimate of drug-likeness (QED) is 0.697. The molecule has 0 aliphatic carbocycles. The first-order valence-corrected chi connectivity index (χ1v) is 6.42. The number of hydrogen-bond acceptors (Lipinski definition) is 1. The van der Waals surface area contributed by atoms with Crippen molar-refractivity contribution in [2.45, 2.75) is 6.92 Å². The maximum Gasteiger partial charge on any atom is 0.107 e. The predicted molar refractivity (Wildman–Crippen MR) is 51.7 cm³/mol. The van der Waals surface area contributed by atoms with Crippen LogP contribution in [0.4, 0.5) is 0 Å². The van der Waals surface area contributed by atoms with E-state index in [0.29, 0.717) is 0 Å². The van der Waals surface area contributed by atoms with Gasteiger partial charge in [-0.15, -0.1) is 0 Å². The fraction of sp³-hybridized carbons (Fsp3) is 0.125. The van der Waals surface area contributed by atoms with Gasteiger partial charge in [0.15, 0.2) is 0 Å². The van der Waals surface area contributed by atoms with E-state index in [1.165, 1.54) is 5.56 Å². The van der Waals surface area contributed by atoms with Crippen molar-refractivity contribution in [1.29, 1.82) is 0 Å². The van der Waals surface area contributed by atoms with Gasteiger partial charge in [-0.3, -0.25) is 3.07 Å². The number of aryl methyl sites for hydroxylation is 1. The molecule has 0 atom stereocenters. The van der Waals surface area contributed by atoms with Crippen molar-refractivity contribution < 1.29 is 3.07 Å². The number of halogens is 1. The third-order valence-electron chi connectivity index (χ3n) is 1.25. The van der Waals surface area contributed by atoms with Gasteiger partial charge in [-0.05, 0) is 23.6 Å². The first-order valence-electron chi connectivity index (χ1n) is 2.93. The topological polar surface area (TPSA) is 17.1 Å².